The van der Waals surface area contributed by atoms with Crippen LogP contribution in [-0.2, 0) is 4.74 Å². The highest BCUT2D eigenvalue weighted by Crippen LogP contribution is 2.39. The van der Waals surface area contributed by atoms with Gasteiger partial charge in [-0.2, -0.15) is 4.68 Å². The quantitative estimate of drug-likeness (QED) is 0.200. The molecule has 0 saturated carbocycles. The summed E-state index contributed by atoms with van der Waals surface area (Å²) >= 11 is 3.07. The Morgan fingerprint density at radius 2 is 1.93 bits per heavy atom. The van der Waals surface area contributed by atoms with E-state index in [-0.39, 0.29) is 12.1 Å². The van der Waals surface area contributed by atoms with Crippen LogP contribution >= 0.6 is 22.7 Å². The summed E-state index contributed by atoms with van der Waals surface area (Å²) in [5.41, 5.74) is 0.599. The highest BCUT2D eigenvalue weighted by molar-refractivity contribution is 7.25. The van der Waals surface area contributed by atoms with Crippen LogP contribution < -0.4 is 4.90 Å². The van der Waals surface area contributed by atoms with Gasteiger partial charge in [0.1, 0.15) is 27.8 Å². The van der Waals surface area contributed by atoms with Crippen LogP contribution in [0.2, 0.25) is 0 Å². The molecule has 1 fully saturated rings. The Labute approximate surface area is 271 Å². The molecule has 7 rings (SSSR count). The minimum Gasteiger partial charge on any atom is -0.444 e. The third kappa shape index (κ3) is 5.69. The average molecular weight is 657 g/mol. The number of rotatable bonds is 5. The summed E-state index contributed by atoms with van der Waals surface area (Å²) in [6.45, 7) is 6.13. The lowest BCUT2D eigenvalue weighted by Gasteiger charge is -2.39. The van der Waals surface area contributed by atoms with Gasteiger partial charge in [-0.3, -0.25) is 9.69 Å². The monoisotopic (exact) mass is 656 g/mol. The van der Waals surface area contributed by atoms with Crippen molar-refractivity contribution in [3.05, 3.63) is 77.8 Å². The molecule has 0 aliphatic carbocycles. The summed E-state index contributed by atoms with van der Waals surface area (Å²) in [5.74, 6) is -0.899. The molecule has 6 aromatic rings. The maximum absolute atomic E-state index is 16.0. The molecule has 0 N–H and O–H groups in total. The van der Waals surface area contributed by atoms with Crippen molar-refractivity contribution in [1.29, 1.82) is 0 Å². The van der Waals surface area contributed by atoms with Crippen LogP contribution in [0.5, 0.6) is 0 Å². The number of carbonyl (C=O) groups excluding carboxylic acids is 2. The number of anilines is 1. The maximum Gasteiger partial charge on any atom is 0.410 e. The van der Waals surface area contributed by atoms with E-state index in [1.807, 2.05) is 38.3 Å². The predicted octanol–water partition coefficient (Wildman–Crippen LogP) is 6.73. The molecule has 0 bridgehead atoms. The number of pyridine rings is 2. The second kappa shape index (κ2) is 11.8. The third-order valence-corrected chi connectivity index (χ3v) is 9.61. The third-order valence-electron chi connectivity index (χ3n) is 7.56. The number of hydrogen-bond acceptors (Lipinski definition) is 10. The summed E-state index contributed by atoms with van der Waals surface area (Å²) in [6, 6.07) is 11.2. The molecular weight excluding hydrogens is 628 g/mol. The van der Waals surface area contributed by atoms with Gasteiger partial charge in [0.2, 0.25) is 0 Å². The molecule has 0 unspecified atom stereocenters. The highest BCUT2D eigenvalue weighted by atomic mass is 32.1. The number of ether oxygens (including phenoxy) is 1. The second-order valence-corrected chi connectivity index (χ2v) is 13.9. The first-order chi connectivity index (χ1) is 22.2. The van der Waals surface area contributed by atoms with Crippen LogP contribution in [0.4, 0.5) is 15.0 Å². The molecule has 46 heavy (non-hydrogen) atoms. The lowest BCUT2D eigenvalue weighted by Crippen LogP contribution is -2.53. The van der Waals surface area contributed by atoms with Crippen LogP contribution in [0.25, 0.3) is 36.8 Å². The minimum atomic E-state index is -0.729. The molecular formula is C32H29FN8O3S2. The van der Waals surface area contributed by atoms with E-state index in [4.69, 9.17) is 4.74 Å². The molecule has 1 saturated heterocycles. The number of thiophene rings is 1. The van der Waals surface area contributed by atoms with Crippen LogP contribution in [0, 0.1) is 5.82 Å². The smallest absolute Gasteiger partial charge is 0.410 e. The predicted molar refractivity (Wildman–Crippen MR) is 175 cm³/mol. The summed E-state index contributed by atoms with van der Waals surface area (Å²) in [5, 5.41) is 11.7. The van der Waals surface area contributed by atoms with E-state index in [1.54, 1.807) is 57.9 Å². The number of hydrogen-bond donors (Lipinski definition) is 0. The molecule has 0 radical (unpaired) electrons. The molecule has 14 heteroatoms. The lowest BCUT2D eigenvalue weighted by atomic mass is 10.0. The molecule has 1 aromatic carbocycles. The Morgan fingerprint density at radius 3 is 2.72 bits per heavy atom. The van der Waals surface area contributed by atoms with Gasteiger partial charge in [-0.1, -0.05) is 5.21 Å². The van der Waals surface area contributed by atoms with E-state index < -0.39 is 29.5 Å². The molecule has 6 heterocycles. The number of carbonyl (C=O) groups is 2. The Balaban J connectivity index is 1.30. The number of likely N-dealkylation sites (tertiary alicyclic amines) is 1. The number of amides is 2. The number of aromatic nitrogens is 6. The zero-order valence-electron chi connectivity index (χ0n) is 25.3. The molecule has 5 aromatic heterocycles. The highest BCUT2D eigenvalue weighted by Gasteiger charge is 2.36. The molecule has 2 amide bonds. The van der Waals surface area contributed by atoms with Crippen molar-refractivity contribution in [3.8, 4) is 15.6 Å². The number of thiazole rings is 1. The van der Waals surface area contributed by atoms with Crippen molar-refractivity contribution < 1.29 is 18.7 Å². The topological polar surface area (TPSA) is 119 Å². The summed E-state index contributed by atoms with van der Waals surface area (Å²) in [7, 11) is 0. The van der Waals surface area contributed by atoms with E-state index in [0.29, 0.717) is 42.1 Å². The zero-order chi connectivity index (χ0) is 32.0. The molecule has 234 valence electrons. The van der Waals surface area contributed by atoms with Crippen LogP contribution in [0.15, 0.2) is 66.4 Å². The van der Waals surface area contributed by atoms with Crippen molar-refractivity contribution in [2.45, 2.75) is 45.3 Å². The Kier molecular flexibility index (Phi) is 7.69. The van der Waals surface area contributed by atoms with Gasteiger partial charge in [0.15, 0.2) is 5.65 Å². The molecule has 0 spiro atoms. The molecule has 1 aliphatic heterocycles. The first-order valence-corrected chi connectivity index (χ1v) is 16.4. The van der Waals surface area contributed by atoms with E-state index in [0.717, 1.165) is 20.0 Å². The van der Waals surface area contributed by atoms with Crippen molar-refractivity contribution in [2.24, 2.45) is 0 Å². The van der Waals surface area contributed by atoms with Crippen molar-refractivity contribution in [2.75, 3.05) is 18.0 Å². The summed E-state index contributed by atoms with van der Waals surface area (Å²) in [6.07, 6.45) is 5.76. The molecule has 1 atom stereocenters. The average Bonchev–Trinajstić information content (AvgIpc) is 3.80. The van der Waals surface area contributed by atoms with Gasteiger partial charge in [0, 0.05) is 53.2 Å². The Morgan fingerprint density at radius 1 is 1.07 bits per heavy atom. The number of halogens is 1. The van der Waals surface area contributed by atoms with Gasteiger partial charge in [-0.15, -0.1) is 27.8 Å². The fourth-order valence-corrected chi connectivity index (χ4v) is 7.32. The van der Waals surface area contributed by atoms with Gasteiger partial charge in [-0.05, 0) is 70.0 Å². The Bertz CT molecular complexity index is 2070. The first-order valence-electron chi connectivity index (χ1n) is 14.7. The Hall–Kier alpha value is -4.82. The van der Waals surface area contributed by atoms with Gasteiger partial charge in [-0.25, -0.2) is 24.1 Å². The molecule has 11 nitrogen and oxygen atoms in total. The lowest BCUT2D eigenvalue weighted by molar-refractivity contribution is 0.0196. The van der Waals surface area contributed by atoms with Crippen LogP contribution in [0.3, 0.4) is 0 Å². The SMILES string of the molecule is CC(C)(C)OC(=O)N1CCC[C@@H](N(C(=O)c2ccc(-n3nnc4cccnc43)cc2F)c2nccc3sc(-c4nccs4)cc23)C1. The standard InChI is InChI=1S/C32H29FN8O3S2/c1-32(2,3)44-31(43)39-14-5-6-20(18-39)40(27-22-17-26(29-36-13-15-45-29)46-25(22)10-12-35-27)30(42)21-9-8-19(16-23(21)33)41-28-24(37-38-41)7-4-11-34-28/h4,7-13,15-17,20H,5-6,14,18H2,1-3H3/t20-/m1/s1. The van der Waals surface area contributed by atoms with Crippen molar-refractivity contribution in [3.63, 3.8) is 0 Å². The van der Waals surface area contributed by atoms with Gasteiger partial charge < -0.3 is 9.64 Å². The van der Waals surface area contributed by atoms with Gasteiger partial charge in [0.25, 0.3) is 5.91 Å². The van der Waals surface area contributed by atoms with Crippen LogP contribution in [0.1, 0.15) is 44.0 Å². The molecule has 1 aliphatic rings. The summed E-state index contributed by atoms with van der Waals surface area (Å²) < 4.78 is 24.0. The van der Waals surface area contributed by atoms with Crippen molar-refractivity contribution >= 4 is 61.7 Å². The minimum absolute atomic E-state index is 0.135. The fraction of sp³-hybridized carbons (Fsp3) is 0.281. The fourth-order valence-electron chi connectivity index (χ4n) is 5.56. The maximum atomic E-state index is 16.0. The van der Waals surface area contributed by atoms with Gasteiger partial charge >= 0.3 is 6.09 Å². The van der Waals surface area contributed by atoms with E-state index >= 15 is 4.39 Å². The number of fused-ring (bicyclic) bond motifs is 2. The van der Waals surface area contributed by atoms with E-state index in [2.05, 4.69) is 25.3 Å². The van der Waals surface area contributed by atoms with Gasteiger partial charge in [0.05, 0.1) is 22.2 Å². The second-order valence-electron chi connectivity index (χ2n) is 11.9. The zero-order valence-corrected chi connectivity index (χ0v) is 26.9. The number of piperidine rings is 1. The number of nitrogens with zero attached hydrogens (tertiary/aromatic N) is 8. The van der Waals surface area contributed by atoms with Crippen LogP contribution in [-0.4, -0.2) is 71.6 Å². The normalized spacial score (nSPS) is 15.4. The van der Waals surface area contributed by atoms with E-state index in [9.17, 15) is 9.59 Å². The first kappa shape index (κ1) is 29.9. The van der Waals surface area contributed by atoms with E-state index in [1.165, 1.54) is 28.2 Å². The summed E-state index contributed by atoms with van der Waals surface area (Å²) in [4.78, 5) is 45.2. The van der Waals surface area contributed by atoms with Crippen molar-refractivity contribution in [1.82, 2.24) is 34.8 Å². The number of benzene rings is 1. The largest absolute Gasteiger partial charge is 0.444 e.